The summed E-state index contributed by atoms with van der Waals surface area (Å²) in [5, 5.41) is 3.69. The minimum absolute atomic E-state index is 0.0125. The standard InChI is InChI=1S/C12H13ClN4O2S2/c13-8-2-1-3-9(4-8)14-12(20)16-15-10(18)5-17-7-21-6-11(17)19/h1-4H,5-7H2,(H,15,18)(H2,14,16,20). The van der Waals surface area contributed by atoms with E-state index >= 15 is 0 Å². The molecule has 112 valence electrons. The lowest BCUT2D eigenvalue weighted by Crippen LogP contribution is -2.48. The first-order valence-electron chi connectivity index (χ1n) is 6.01. The Kier molecular flexibility index (Phi) is 5.66. The van der Waals surface area contributed by atoms with Crippen molar-refractivity contribution in [1.82, 2.24) is 15.8 Å². The number of nitrogens with zero attached hydrogens (tertiary/aromatic N) is 1. The molecule has 0 saturated carbocycles. The Balaban J connectivity index is 1.73. The minimum Gasteiger partial charge on any atom is -0.331 e. The second-order valence-electron chi connectivity index (χ2n) is 4.21. The van der Waals surface area contributed by atoms with Crippen molar-refractivity contribution in [3.63, 3.8) is 0 Å². The fourth-order valence-electron chi connectivity index (χ4n) is 1.61. The monoisotopic (exact) mass is 344 g/mol. The van der Waals surface area contributed by atoms with E-state index < -0.39 is 0 Å². The number of thiocarbonyl (C=S) groups is 1. The molecule has 6 nitrogen and oxygen atoms in total. The van der Waals surface area contributed by atoms with Crippen LogP contribution in [0, 0.1) is 0 Å². The lowest BCUT2D eigenvalue weighted by atomic mass is 10.3. The molecule has 2 rings (SSSR count). The Morgan fingerprint density at radius 3 is 2.90 bits per heavy atom. The van der Waals surface area contributed by atoms with Crippen LogP contribution in [0.15, 0.2) is 24.3 Å². The van der Waals surface area contributed by atoms with E-state index in [0.717, 1.165) is 0 Å². The Bertz CT molecular complexity index is 570. The van der Waals surface area contributed by atoms with Crippen molar-refractivity contribution in [2.75, 3.05) is 23.5 Å². The Morgan fingerprint density at radius 1 is 1.43 bits per heavy atom. The third-order valence-corrected chi connectivity index (χ3v) is 3.94. The molecule has 21 heavy (non-hydrogen) atoms. The topological polar surface area (TPSA) is 73.5 Å². The molecule has 9 heteroatoms. The van der Waals surface area contributed by atoms with Gasteiger partial charge >= 0.3 is 0 Å². The summed E-state index contributed by atoms with van der Waals surface area (Å²) in [7, 11) is 0. The van der Waals surface area contributed by atoms with Gasteiger partial charge in [-0.15, -0.1) is 11.8 Å². The molecule has 1 aliphatic heterocycles. The van der Waals surface area contributed by atoms with E-state index in [-0.39, 0.29) is 23.5 Å². The highest BCUT2D eigenvalue weighted by atomic mass is 35.5. The van der Waals surface area contributed by atoms with Crippen LogP contribution in [0.3, 0.4) is 0 Å². The highest BCUT2D eigenvalue weighted by molar-refractivity contribution is 8.00. The largest absolute Gasteiger partial charge is 0.331 e. The van der Waals surface area contributed by atoms with E-state index in [1.807, 2.05) is 0 Å². The normalized spacial score (nSPS) is 14.0. The van der Waals surface area contributed by atoms with Crippen molar-refractivity contribution >= 4 is 58.2 Å². The number of nitrogens with one attached hydrogen (secondary N) is 3. The van der Waals surface area contributed by atoms with Crippen molar-refractivity contribution < 1.29 is 9.59 Å². The van der Waals surface area contributed by atoms with E-state index in [4.69, 9.17) is 23.8 Å². The third-order valence-electron chi connectivity index (χ3n) is 2.56. The van der Waals surface area contributed by atoms with Gasteiger partial charge in [0.25, 0.3) is 5.91 Å². The Labute approximate surface area is 136 Å². The van der Waals surface area contributed by atoms with Gasteiger partial charge in [0, 0.05) is 10.7 Å². The average Bonchev–Trinajstić information content (AvgIpc) is 2.82. The number of carbonyl (C=O) groups is 2. The molecule has 1 aliphatic rings. The van der Waals surface area contributed by atoms with Gasteiger partial charge in [-0.1, -0.05) is 17.7 Å². The zero-order valence-corrected chi connectivity index (χ0v) is 13.3. The second kappa shape index (κ2) is 7.48. The molecule has 0 bridgehead atoms. The van der Waals surface area contributed by atoms with Crippen molar-refractivity contribution in [3.05, 3.63) is 29.3 Å². The molecule has 0 atom stereocenters. The number of halogens is 1. The van der Waals surface area contributed by atoms with Gasteiger partial charge in [-0.25, -0.2) is 0 Å². The summed E-state index contributed by atoms with van der Waals surface area (Å²) in [6.07, 6.45) is 0. The smallest absolute Gasteiger partial charge is 0.258 e. The number of hydrogen-bond donors (Lipinski definition) is 3. The summed E-state index contributed by atoms with van der Waals surface area (Å²) in [4.78, 5) is 24.5. The van der Waals surface area contributed by atoms with Crippen LogP contribution in [-0.2, 0) is 9.59 Å². The maximum atomic E-state index is 11.7. The number of hydrogen-bond acceptors (Lipinski definition) is 4. The first-order valence-corrected chi connectivity index (χ1v) is 7.95. The number of benzene rings is 1. The van der Waals surface area contributed by atoms with Crippen LogP contribution in [-0.4, -0.2) is 40.0 Å². The molecule has 1 saturated heterocycles. The van der Waals surface area contributed by atoms with Crippen LogP contribution in [0.25, 0.3) is 0 Å². The van der Waals surface area contributed by atoms with Crippen molar-refractivity contribution in [1.29, 1.82) is 0 Å². The zero-order valence-electron chi connectivity index (χ0n) is 10.9. The predicted molar refractivity (Wildman–Crippen MR) is 88.0 cm³/mol. The SMILES string of the molecule is O=C(CN1CSCC1=O)NNC(=S)Nc1cccc(Cl)c1. The first-order chi connectivity index (χ1) is 10.0. The van der Waals surface area contributed by atoms with Gasteiger partial charge in [-0.3, -0.25) is 20.4 Å². The van der Waals surface area contributed by atoms with Crippen molar-refractivity contribution in [2.45, 2.75) is 0 Å². The van der Waals surface area contributed by atoms with Gasteiger partial charge < -0.3 is 10.2 Å². The van der Waals surface area contributed by atoms with Crippen LogP contribution in [0.1, 0.15) is 0 Å². The predicted octanol–water partition coefficient (Wildman–Crippen LogP) is 1.19. The van der Waals surface area contributed by atoms with Gasteiger partial charge in [0.15, 0.2) is 5.11 Å². The molecule has 1 aromatic rings. The fraction of sp³-hybridized carbons (Fsp3) is 0.250. The molecule has 0 aliphatic carbocycles. The van der Waals surface area contributed by atoms with Gasteiger partial charge in [-0.2, -0.15) is 0 Å². The van der Waals surface area contributed by atoms with E-state index in [9.17, 15) is 9.59 Å². The van der Waals surface area contributed by atoms with Gasteiger partial charge in [0.1, 0.15) is 6.54 Å². The summed E-state index contributed by atoms with van der Waals surface area (Å²) in [5.41, 5.74) is 5.72. The lowest BCUT2D eigenvalue weighted by Gasteiger charge is -2.15. The van der Waals surface area contributed by atoms with Crippen LogP contribution < -0.4 is 16.2 Å². The quantitative estimate of drug-likeness (QED) is 0.565. The second-order valence-corrected chi connectivity index (χ2v) is 6.01. The van der Waals surface area contributed by atoms with Crippen LogP contribution in [0.2, 0.25) is 5.02 Å². The van der Waals surface area contributed by atoms with Crippen LogP contribution in [0.5, 0.6) is 0 Å². The van der Waals surface area contributed by atoms with Crippen LogP contribution in [0.4, 0.5) is 5.69 Å². The highest BCUT2D eigenvalue weighted by Gasteiger charge is 2.22. The highest BCUT2D eigenvalue weighted by Crippen LogP contribution is 2.15. The van der Waals surface area contributed by atoms with E-state index in [1.165, 1.54) is 16.7 Å². The van der Waals surface area contributed by atoms with Gasteiger partial charge in [-0.05, 0) is 30.4 Å². The molecule has 1 fully saturated rings. The van der Waals surface area contributed by atoms with Crippen molar-refractivity contribution in [3.8, 4) is 0 Å². The van der Waals surface area contributed by atoms with Gasteiger partial charge in [0.05, 0.1) is 11.6 Å². The maximum absolute atomic E-state index is 11.7. The number of thioether (sulfide) groups is 1. The molecule has 2 amide bonds. The molecule has 0 spiro atoms. The van der Waals surface area contributed by atoms with E-state index in [0.29, 0.717) is 22.3 Å². The third kappa shape index (κ3) is 5.07. The first kappa shape index (κ1) is 15.9. The van der Waals surface area contributed by atoms with Crippen molar-refractivity contribution in [2.24, 2.45) is 0 Å². The summed E-state index contributed by atoms with van der Waals surface area (Å²) in [6.45, 7) is 0.0125. The molecule has 1 heterocycles. The average molecular weight is 345 g/mol. The molecule has 0 unspecified atom stereocenters. The number of hydrazine groups is 1. The number of anilines is 1. The van der Waals surface area contributed by atoms with Gasteiger partial charge in [0.2, 0.25) is 5.91 Å². The summed E-state index contributed by atoms with van der Waals surface area (Å²) < 4.78 is 0. The molecule has 3 N–H and O–H groups in total. The zero-order chi connectivity index (χ0) is 15.2. The Hall–Kier alpha value is -1.51. The molecule has 0 aromatic heterocycles. The number of carbonyl (C=O) groups excluding carboxylic acids is 2. The number of amides is 2. The number of rotatable bonds is 3. The minimum atomic E-state index is -0.332. The Morgan fingerprint density at radius 2 is 2.24 bits per heavy atom. The van der Waals surface area contributed by atoms with E-state index in [2.05, 4.69) is 16.2 Å². The summed E-state index contributed by atoms with van der Waals surface area (Å²) >= 11 is 12.4. The van der Waals surface area contributed by atoms with Crippen LogP contribution >= 0.6 is 35.6 Å². The summed E-state index contributed by atoms with van der Waals surface area (Å²) in [5.74, 6) is 0.600. The maximum Gasteiger partial charge on any atom is 0.258 e. The molecular formula is C12H13ClN4O2S2. The molecular weight excluding hydrogens is 332 g/mol. The molecule has 0 radical (unpaired) electrons. The fourth-order valence-corrected chi connectivity index (χ4v) is 2.87. The summed E-state index contributed by atoms with van der Waals surface area (Å²) in [6, 6.07) is 7.03. The molecule has 1 aromatic carbocycles. The van der Waals surface area contributed by atoms with E-state index in [1.54, 1.807) is 24.3 Å². The lowest BCUT2D eigenvalue weighted by molar-refractivity contribution is -0.132.